The second-order valence-electron chi connectivity index (χ2n) is 15.4. The summed E-state index contributed by atoms with van der Waals surface area (Å²) >= 11 is 0. The van der Waals surface area contributed by atoms with Crippen LogP contribution in [0.3, 0.4) is 0 Å². The number of hydrogen-bond donors (Lipinski definition) is 0. The molecule has 0 saturated carbocycles. The maximum absolute atomic E-state index is 8.36. The zero-order valence-electron chi connectivity index (χ0n) is 35.7. The first-order chi connectivity index (χ1) is 30.9. The molecular weight excluding hydrogens is 924 g/mol. The minimum Gasteiger partial charge on any atom is -0.319 e. The number of aromatic nitrogens is 4. The van der Waals surface area contributed by atoms with Crippen LogP contribution < -0.4 is 0 Å². The van der Waals surface area contributed by atoms with Gasteiger partial charge in [0.05, 0.1) is 0 Å². The summed E-state index contributed by atoms with van der Waals surface area (Å²) in [7, 11) is 0. The Hall–Kier alpha value is -7.13. The SMILES string of the molecule is [2H]C([2H])([2H])n1[cH+]n(-c2[c-]c(C3(c4[c-]c5c(cc4)c4ccccc4n5-c4cc(-c5ccccc5-c5ccccc5)ccn4)c4ccccc4-c4ccccc43)ccc2)c2ccccc21.[Pt]. The van der Waals surface area contributed by atoms with Gasteiger partial charge in [0.2, 0.25) is 0 Å². The molecule has 8 aromatic carbocycles. The number of hydrogen-bond acceptors (Lipinski definition) is 1. The Morgan fingerprint density at radius 1 is 0.525 bits per heavy atom. The van der Waals surface area contributed by atoms with E-state index < -0.39 is 12.4 Å². The van der Waals surface area contributed by atoms with Gasteiger partial charge in [-0.1, -0.05) is 133 Å². The molecule has 4 nitrogen and oxygen atoms in total. The fourth-order valence-corrected chi connectivity index (χ4v) is 9.74. The third-order valence-electron chi connectivity index (χ3n) is 12.3. The largest absolute Gasteiger partial charge is 0.319 e. The van der Waals surface area contributed by atoms with E-state index in [1.165, 1.54) is 4.57 Å². The molecule has 5 heteroatoms. The Kier molecular flexibility index (Phi) is 8.03. The van der Waals surface area contributed by atoms with Crippen LogP contribution in [0.25, 0.3) is 77.7 Å². The molecule has 0 N–H and O–H groups in total. The third kappa shape index (κ3) is 5.56. The molecule has 0 radical (unpaired) electrons. The molecule has 3 heterocycles. The molecule has 0 unspecified atom stereocenters. The van der Waals surface area contributed by atoms with Crippen molar-refractivity contribution < 1.29 is 25.2 Å². The van der Waals surface area contributed by atoms with Crippen LogP contribution in [0.2, 0.25) is 0 Å². The van der Waals surface area contributed by atoms with Crippen molar-refractivity contribution >= 4 is 32.8 Å². The van der Waals surface area contributed by atoms with Crippen LogP contribution in [0.4, 0.5) is 0 Å². The van der Waals surface area contributed by atoms with Crippen molar-refractivity contribution in [3.05, 3.63) is 241 Å². The van der Waals surface area contributed by atoms with Gasteiger partial charge in [-0.05, 0) is 80.2 Å². The van der Waals surface area contributed by atoms with Crippen LogP contribution in [-0.4, -0.2) is 18.7 Å². The van der Waals surface area contributed by atoms with Gasteiger partial charge in [-0.15, -0.1) is 22.6 Å². The number of benzene rings is 8. The van der Waals surface area contributed by atoms with Gasteiger partial charge in [-0.3, -0.25) is 0 Å². The number of nitrogens with zero attached hydrogens (tertiary/aromatic N) is 4. The van der Waals surface area contributed by atoms with E-state index in [9.17, 15) is 0 Å². The van der Waals surface area contributed by atoms with E-state index in [0.717, 1.165) is 94.5 Å². The minimum atomic E-state index is -2.37. The van der Waals surface area contributed by atoms with Gasteiger partial charge in [0.25, 0.3) is 0 Å². The van der Waals surface area contributed by atoms with Crippen molar-refractivity contribution in [2.45, 2.75) is 5.41 Å². The Bertz CT molecular complexity index is 3540. The van der Waals surface area contributed by atoms with E-state index in [2.05, 4.69) is 174 Å². The van der Waals surface area contributed by atoms with E-state index in [4.69, 9.17) is 9.10 Å². The summed E-state index contributed by atoms with van der Waals surface area (Å²) in [6.45, 7) is -2.37. The Morgan fingerprint density at radius 3 is 1.90 bits per heavy atom. The van der Waals surface area contributed by atoms with E-state index >= 15 is 0 Å². The van der Waals surface area contributed by atoms with Crippen molar-refractivity contribution in [2.24, 2.45) is 6.98 Å². The maximum Gasteiger partial charge on any atom is 0.188 e. The van der Waals surface area contributed by atoms with Gasteiger partial charge in [0, 0.05) is 67.1 Å². The summed E-state index contributed by atoms with van der Waals surface area (Å²) in [6, 6.07) is 75.4. The van der Waals surface area contributed by atoms with Crippen LogP contribution in [0.15, 0.2) is 207 Å². The quantitative estimate of drug-likeness (QED) is 0.153. The third-order valence-corrected chi connectivity index (χ3v) is 12.3. The molecule has 0 saturated heterocycles. The van der Waals surface area contributed by atoms with E-state index in [1.54, 1.807) is 6.33 Å². The number of rotatable bonds is 6. The van der Waals surface area contributed by atoms with E-state index in [0.29, 0.717) is 5.52 Å². The number of imidazole rings is 1. The summed E-state index contributed by atoms with van der Waals surface area (Å²) in [6.07, 6.45) is 3.58. The number of pyridine rings is 1. The average Bonchev–Trinajstić information content (AvgIpc) is 3.99. The number of para-hydroxylation sites is 3. The Morgan fingerprint density at radius 2 is 1.15 bits per heavy atom. The molecular formula is C56H37N4Pt-. The summed E-state index contributed by atoms with van der Waals surface area (Å²) in [5.74, 6) is 0.798. The van der Waals surface area contributed by atoms with Crippen molar-refractivity contribution in [1.82, 2.24) is 18.7 Å². The van der Waals surface area contributed by atoms with Crippen LogP contribution >= 0.6 is 0 Å². The first kappa shape index (κ1) is 33.7. The monoisotopic (exact) mass is 963 g/mol. The van der Waals surface area contributed by atoms with Gasteiger partial charge in [0.15, 0.2) is 17.4 Å². The van der Waals surface area contributed by atoms with Crippen molar-refractivity contribution in [1.29, 1.82) is 0 Å². The van der Waals surface area contributed by atoms with E-state index in [-0.39, 0.29) is 21.1 Å². The first-order valence-electron chi connectivity index (χ1n) is 21.7. The molecule has 3 aromatic heterocycles. The smallest absolute Gasteiger partial charge is 0.188 e. The Balaban J connectivity index is 0.00000456. The molecule has 0 spiro atoms. The maximum atomic E-state index is 8.36. The van der Waals surface area contributed by atoms with Gasteiger partial charge < -0.3 is 4.57 Å². The van der Waals surface area contributed by atoms with Crippen LogP contribution in [-0.2, 0) is 33.5 Å². The fraction of sp³-hybridized carbons (Fsp3) is 0.0357. The summed E-state index contributed by atoms with van der Waals surface area (Å²) < 4.78 is 30.6. The molecule has 0 amide bonds. The summed E-state index contributed by atoms with van der Waals surface area (Å²) in [5.41, 5.74) is 14.2. The fourth-order valence-electron chi connectivity index (χ4n) is 9.74. The average molecular weight is 964 g/mol. The van der Waals surface area contributed by atoms with Crippen molar-refractivity contribution in [2.75, 3.05) is 0 Å². The van der Waals surface area contributed by atoms with Gasteiger partial charge in [-0.25, -0.2) is 14.1 Å². The van der Waals surface area contributed by atoms with Crippen LogP contribution in [0.1, 0.15) is 26.4 Å². The van der Waals surface area contributed by atoms with Gasteiger partial charge in [0.1, 0.15) is 5.82 Å². The zero-order valence-corrected chi connectivity index (χ0v) is 35.0. The second kappa shape index (κ2) is 14.6. The number of fused-ring (bicyclic) bond motifs is 7. The van der Waals surface area contributed by atoms with Crippen LogP contribution in [0, 0.1) is 12.1 Å². The summed E-state index contributed by atoms with van der Waals surface area (Å²) in [4.78, 5) is 5.07. The molecule has 61 heavy (non-hydrogen) atoms. The summed E-state index contributed by atoms with van der Waals surface area (Å²) in [5, 5.41) is 2.19. The van der Waals surface area contributed by atoms with Gasteiger partial charge in [-0.2, -0.15) is 30.3 Å². The van der Waals surface area contributed by atoms with Crippen molar-refractivity contribution in [3.8, 4) is 44.9 Å². The molecule has 0 aliphatic heterocycles. The predicted octanol–water partition coefficient (Wildman–Crippen LogP) is 13.0. The normalized spacial score (nSPS) is 13.6. The van der Waals surface area contributed by atoms with E-state index in [1.807, 2.05) is 47.2 Å². The van der Waals surface area contributed by atoms with Gasteiger partial charge >= 0.3 is 0 Å². The molecule has 0 atom stereocenters. The standard InChI is InChI=1S/C56H37N4.Pt/c1-58-37-59(53-29-14-13-28-52(53)58)42-19-15-18-40(35-42)56(49-25-10-7-22-45(49)46-23-8-11-26-50(46)56)41-30-31-48-47-24-9-12-27-51(47)60(54(48)36-41)55-34-39(32-33-57-55)44-21-6-5-20-43(44)38-16-3-2-4-17-38;/h2-34,37H,1H3;/q-1;/i1D3;. The topological polar surface area (TPSA) is 27.7 Å². The molecule has 0 fully saturated rings. The minimum absolute atomic E-state index is 0. The Labute approximate surface area is 373 Å². The van der Waals surface area contributed by atoms with Crippen molar-refractivity contribution in [3.63, 3.8) is 0 Å². The number of aryl methyl sites for hydroxylation is 1. The molecule has 11 aromatic rings. The molecule has 0 bridgehead atoms. The zero-order chi connectivity index (χ0) is 42.3. The molecule has 292 valence electrons. The van der Waals surface area contributed by atoms with Crippen LogP contribution in [0.5, 0.6) is 0 Å². The molecule has 12 rings (SSSR count). The molecule has 1 aliphatic carbocycles. The first-order valence-corrected chi connectivity index (χ1v) is 20.2. The molecule has 1 aliphatic rings. The predicted molar refractivity (Wildman–Crippen MR) is 245 cm³/mol. The second-order valence-corrected chi connectivity index (χ2v) is 15.4.